The Kier molecular flexibility index (Phi) is 3.82. The van der Waals surface area contributed by atoms with Gasteiger partial charge in [-0.25, -0.2) is 0 Å². The highest BCUT2D eigenvalue weighted by molar-refractivity contribution is 5.83. The molecule has 2 saturated heterocycles. The molecule has 4 rings (SSSR count). The average Bonchev–Trinajstić information content (AvgIpc) is 2.79. The van der Waals surface area contributed by atoms with E-state index in [-0.39, 0.29) is 36.0 Å². The van der Waals surface area contributed by atoms with Crippen molar-refractivity contribution in [2.45, 2.75) is 36.9 Å². The Labute approximate surface area is 142 Å². The molecule has 2 aliphatic rings. The van der Waals surface area contributed by atoms with Gasteiger partial charge in [-0.1, -0.05) is 42.5 Å². The summed E-state index contributed by atoms with van der Waals surface area (Å²) in [6, 6.07) is 14.9. The number of aliphatic hydroxyl groups excluding tert-OH is 1. The summed E-state index contributed by atoms with van der Waals surface area (Å²) in [5, 5.41) is 12.8. The number of esters is 1. The zero-order valence-corrected chi connectivity index (χ0v) is 14.1. The van der Waals surface area contributed by atoms with Crippen LogP contribution < -0.4 is 0 Å². The molecule has 24 heavy (non-hydrogen) atoms. The van der Waals surface area contributed by atoms with Gasteiger partial charge in [0, 0.05) is 18.0 Å². The zero-order chi connectivity index (χ0) is 16.8. The number of benzene rings is 2. The summed E-state index contributed by atoms with van der Waals surface area (Å²) >= 11 is 0. The summed E-state index contributed by atoms with van der Waals surface area (Å²) in [4.78, 5) is 14.7. The van der Waals surface area contributed by atoms with Gasteiger partial charge in [0.1, 0.15) is 0 Å². The number of fused-ring (bicyclic) bond motifs is 3. The highest BCUT2D eigenvalue weighted by Crippen LogP contribution is 2.47. The number of carbonyl (C=O) groups is 1. The molecule has 2 aromatic carbocycles. The Hall–Kier alpha value is -1.91. The molecule has 1 N–H and O–H groups in total. The summed E-state index contributed by atoms with van der Waals surface area (Å²) in [6.07, 6.45) is 1.06. The van der Waals surface area contributed by atoms with E-state index >= 15 is 0 Å². The van der Waals surface area contributed by atoms with E-state index < -0.39 is 0 Å². The van der Waals surface area contributed by atoms with Crippen molar-refractivity contribution in [1.29, 1.82) is 0 Å². The van der Waals surface area contributed by atoms with Gasteiger partial charge in [0.15, 0.2) is 0 Å². The van der Waals surface area contributed by atoms with Crippen molar-refractivity contribution in [2.24, 2.45) is 5.92 Å². The molecule has 2 aromatic rings. The maximum absolute atomic E-state index is 12.5. The largest absolute Gasteiger partial charge is 0.469 e. The molecule has 0 aromatic heterocycles. The lowest BCUT2D eigenvalue weighted by molar-refractivity contribution is -0.150. The van der Waals surface area contributed by atoms with Crippen molar-refractivity contribution in [2.75, 3.05) is 14.2 Å². The highest BCUT2D eigenvalue weighted by Gasteiger charge is 2.53. The van der Waals surface area contributed by atoms with Crippen LogP contribution in [0.3, 0.4) is 0 Å². The molecule has 2 bridgehead atoms. The number of likely N-dealkylation sites (N-methyl/N-ethyl adjacent to an activating group) is 1. The second-order valence-corrected chi connectivity index (χ2v) is 7.10. The lowest BCUT2D eigenvalue weighted by atomic mass is 9.76. The van der Waals surface area contributed by atoms with Gasteiger partial charge in [-0.2, -0.15) is 0 Å². The predicted molar refractivity (Wildman–Crippen MR) is 92.8 cm³/mol. The topological polar surface area (TPSA) is 49.8 Å². The van der Waals surface area contributed by atoms with Crippen molar-refractivity contribution in [3.63, 3.8) is 0 Å². The smallest absolute Gasteiger partial charge is 0.310 e. The molecule has 4 nitrogen and oxygen atoms in total. The van der Waals surface area contributed by atoms with Crippen LogP contribution in [0.25, 0.3) is 10.8 Å². The van der Waals surface area contributed by atoms with Crippen molar-refractivity contribution in [3.05, 3.63) is 48.0 Å². The molecule has 2 heterocycles. The molecule has 5 atom stereocenters. The van der Waals surface area contributed by atoms with E-state index in [1.54, 1.807) is 0 Å². The summed E-state index contributed by atoms with van der Waals surface area (Å²) in [7, 11) is 3.47. The number of hydrogen-bond acceptors (Lipinski definition) is 4. The van der Waals surface area contributed by atoms with E-state index in [9.17, 15) is 9.90 Å². The van der Waals surface area contributed by atoms with Crippen LogP contribution in [0.5, 0.6) is 0 Å². The average molecular weight is 325 g/mol. The van der Waals surface area contributed by atoms with Crippen LogP contribution in [0.4, 0.5) is 0 Å². The van der Waals surface area contributed by atoms with Crippen LogP contribution >= 0.6 is 0 Å². The number of nitrogens with zero attached hydrogens (tertiary/aromatic N) is 1. The van der Waals surface area contributed by atoms with Crippen molar-refractivity contribution in [1.82, 2.24) is 4.90 Å². The van der Waals surface area contributed by atoms with Crippen LogP contribution in [-0.2, 0) is 9.53 Å². The minimum Gasteiger partial charge on any atom is -0.469 e. The number of hydrogen-bond donors (Lipinski definition) is 1. The predicted octanol–water partition coefficient (Wildman–Crippen LogP) is 2.55. The van der Waals surface area contributed by atoms with E-state index in [0.29, 0.717) is 6.42 Å². The van der Waals surface area contributed by atoms with Crippen molar-refractivity contribution >= 4 is 16.7 Å². The first-order valence-electron chi connectivity index (χ1n) is 8.56. The number of piperidine rings is 1. The van der Waals surface area contributed by atoms with Gasteiger partial charge in [-0.15, -0.1) is 0 Å². The quantitative estimate of drug-likeness (QED) is 0.862. The Balaban J connectivity index is 1.77. The molecule has 2 aliphatic heterocycles. The molecule has 2 fully saturated rings. The molecule has 0 spiro atoms. The molecule has 126 valence electrons. The monoisotopic (exact) mass is 325 g/mol. The van der Waals surface area contributed by atoms with Gasteiger partial charge in [0.05, 0.1) is 19.1 Å². The molecule has 0 amide bonds. The first kappa shape index (κ1) is 15.6. The van der Waals surface area contributed by atoms with Gasteiger partial charge < -0.3 is 9.84 Å². The van der Waals surface area contributed by atoms with Gasteiger partial charge in [-0.05, 0) is 36.2 Å². The van der Waals surface area contributed by atoms with Gasteiger partial charge >= 0.3 is 5.97 Å². The zero-order valence-electron chi connectivity index (χ0n) is 14.1. The third-order valence-electron chi connectivity index (χ3n) is 5.99. The molecule has 0 radical (unpaired) electrons. The Morgan fingerprint density at radius 2 is 1.88 bits per heavy atom. The van der Waals surface area contributed by atoms with Crippen molar-refractivity contribution < 1.29 is 14.6 Å². The fourth-order valence-electron chi connectivity index (χ4n) is 4.73. The van der Waals surface area contributed by atoms with Crippen molar-refractivity contribution in [3.8, 4) is 0 Å². The molecule has 4 heteroatoms. The maximum atomic E-state index is 12.5. The first-order chi connectivity index (χ1) is 11.6. The van der Waals surface area contributed by atoms with E-state index in [1.165, 1.54) is 23.4 Å². The summed E-state index contributed by atoms with van der Waals surface area (Å²) in [6.45, 7) is 0. The van der Waals surface area contributed by atoms with Gasteiger partial charge in [0.2, 0.25) is 0 Å². The Bertz CT molecular complexity index is 774. The fraction of sp³-hybridized carbons (Fsp3) is 0.450. The first-order valence-corrected chi connectivity index (χ1v) is 8.56. The van der Waals surface area contributed by atoms with Gasteiger partial charge in [0.25, 0.3) is 0 Å². The fourth-order valence-corrected chi connectivity index (χ4v) is 4.73. The molecular formula is C20H23NO3. The molecule has 0 unspecified atom stereocenters. The molecule has 0 aliphatic carbocycles. The lowest BCUT2D eigenvalue weighted by Crippen LogP contribution is -2.49. The van der Waals surface area contributed by atoms with E-state index in [1.807, 2.05) is 19.2 Å². The summed E-state index contributed by atoms with van der Waals surface area (Å²) in [5.41, 5.74) is 1.17. The minimum absolute atomic E-state index is 0.0441. The molecular weight excluding hydrogens is 302 g/mol. The van der Waals surface area contributed by atoms with Crippen LogP contribution in [0, 0.1) is 5.92 Å². The second kappa shape index (κ2) is 5.87. The SMILES string of the molecule is COC(=O)[C@H]1[C@@H](c2ccc3ccccc3c2)C[C@@H]2[C@@H](O)C[C@H]1N2C. The second-order valence-electron chi connectivity index (χ2n) is 7.10. The third kappa shape index (κ3) is 2.33. The number of ether oxygens (including phenoxy) is 1. The molecule has 0 saturated carbocycles. The number of methoxy groups -OCH3 is 1. The van der Waals surface area contributed by atoms with E-state index in [0.717, 1.165) is 6.42 Å². The van der Waals surface area contributed by atoms with Gasteiger partial charge in [-0.3, -0.25) is 9.69 Å². The van der Waals surface area contributed by atoms with Crippen LogP contribution in [0.1, 0.15) is 24.3 Å². The lowest BCUT2D eigenvalue weighted by Gasteiger charge is -2.41. The minimum atomic E-state index is -0.363. The summed E-state index contributed by atoms with van der Waals surface area (Å²) < 4.78 is 5.12. The highest BCUT2D eigenvalue weighted by atomic mass is 16.5. The number of rotatable bonds is 2. The van der Waals surface area contributed by atoms with Crippen LogP contribution in [-0.4, -0.2) is 48.3 Å². The van der Waals surface area contributed by atoms with E-state index in [4.69, 9.17) is 4.74 Å². The van der Waals surface area contributed by atoms with Crippen LogP contribution in [0.2, 0.25) is 0 Å². The van der Waals surface area contributed by atoms with E-state index in [2.05, 4.69) is 35.2 Å². The summed E-state index contributed by atoms with van der Waals surface area (Å²) in [5.74, 6) is -0.308. The Morgan fingerprint density at radius 3 is 2.62 bits per heavy atom. The number of aliphatic hydroxyl groups is 1. The normalized spacial score (nSPS) is 32.9. The standard InChI is InChI=1S/C20H23NO3/c1-21-16-10-15(19(20(23)24-2)17(21)11-18(16)22)14-8-7-12-5-3-4-6-13(12)9-14/h3-9,15-19,22H,10-11H2,1-2H3/t15-,16-,17-,18+,19+/m1/s1. The maximum Gasteiger partial charge on any atom is 0.310 e. The number of carbonyl (C=O) groups excluding carboxylic acids is 1. The third-order valence-corrected chi connectivity index (χ3v) is 5.99. The van der Waals surface area contributed by atoms with Crippen LogP contribution in [0.15, 0.2) is 42.5 Å². The Morgan fingerprint density at radius 1 is 1.12 bits per heavy atom.